The third kappa shape index (κ3) is 2.85. The summed E-state index contributed by atoms with van der Waals surface area (Å²) in [7, 11) is 0. The second-order valence-electron chi connectivity index (χ2n) is 6.53. The lowest BCUT2D eigenvalue weighted by Crippen LogP contribution is -2.02. The topological polar surface area (TPSA) is 60.4 Å². The molecular formula is C21H14ClN3O2S. The molecule has 0 aliphatic heterocycles. The standard InChI is InChI=1S/C21H14ClN3O2S/c1-12-8-20-23-24-21(25(20)16-7-6-14(22)10-15(12)16)28-11-17(26)19-9-13-4-2-3-5-18(13)27-19/h2-10H,11H2,1H3. The summed E-state index contributed by atoms with van der Waals surface area (Å²) in [5.41, 5.74) is 3.49. The van der Waals surface area contributed by atoms with Crippen LogP contribution in [0.5, 0.6) is 0 Å². The molecule has 0 atom stereocenters. The second-order valence-corrected chi connectivity index (χ2v) is 7.90. The first-order chi connectivity index (χ1) is 13.6. The van der Waals surface area contributed by atoms with Crippen molar-refractivity contribution < 1.29 is 9.21 Å². The van der Waals surface area contributed by atoms with Crippen LogP contribution in [0.3, 0.4) is 0 Å². The quantitative estimate of drug-likeness (QED) is 0.288. The molecule has 5 aromatic rings. The van der Waals surface area contributed by atoms with Gasteiger partial charge in [0.25, 0.3) is 0 Å². The number of hydrogen-bond acceptors (Lipinski definition) is 5. The minimum Gasteiger partial charge on any atom is -0.453 e. The van der Waals surface area contributed by atoms with E-state index in [-0.39, 0.29) is 11.5 Å². The van der Waals surface area contributed by atoms with Gasteiger partial charge in [-0.1, -0.05) is 41.6 Å². The number of ketones is 1. The summed E-state index contributed by atoms with van der Waals surface area (Å²) in [5, 5.41) is 11.8. The molecule has 3 heterocycles. The number of carbonyl (C=O) groups is 1. The second kappa shape index (κ2) is 6.65. The van der Waals surface area contributed by atoms with Gasteiger partial charge in [-0.25, -0.2) is 0 Å². The number of fused-ring (bicyclic) bond motifs is 4. The summed E-state index contributed by atoms with van der Waals surface area (Å²) in [6.07, 6.45) is 0. The molecule has 0 radical (unpaired) electrons. The van der Waals surface area contributed by atoms with Crippen LogP contribution >= 0.6 is 23.4 Å². The van der Waals surface area contributed by atoms with Crippen LogP contribution in [0.15, 0.2) is 64.2 Å². The number of benzene rings is 2. The summed E-state index contributed by atoms with van der Waals surface area (Å²) in [4.78, 5) is 12.6. The Bertz CT molecular complexity index is 1340. The normalized spacial score (nSPS) is 11.6. The van der Waals surface area contributed by atoms with Crippen molar-refractivity contribution in [3.63, 3.8) is 0 Å². The van der Waals surface area contributed by atoms with E-state index >= 15 is 0 Å². The number of thioether (sulfide) groups is 1. The summed E-state index contributed by atoms with van der Waals surface area (Å²) >= 11 is 7.50. The molecule has 0 amide bonds. The van der Waals surface area contributed by atoms with Crippen molar-refractivity contribution in [1.82, 2.24) is 14.6 Å². The van der Waals surface area contributed by atoms with Crippen molar-refractivity contribution in [3.05, 3.63) is 70.9 Å². The summed E-state index contributed by atoms with van der Waals surface area (Å²) in [5.74, 6) is 0.483. The van der Waals surface area contributed by atoms with Gasteiger partial charge in [0.1, 0.15) is 5.58 Å². The lowest BCUT2D eigenvalue weighted by atomic mass is 10.1. The van der Waals surface area contributed by atoms with E-state index in [0.717, 1.165) is 27.5 Å². The molecule has 3 aromatic heterocycles. The Morgan fingerprint density at radius 3 is 2.86 bits per heavy atom. The predicted molar refractivity (Wildman–Crippen MR) is 112 cm³/mol. The first-order valence-corrected chi connectivity index (χ1v) is 10.0. The van der Waals surface area contributed by atoms with Crippen LogP contribution in [-0.4, -0.2) is 26.1 Å². The fourth-order valence-electron chi connectivity index (χ4n) is 3.31. The zero-order chi connectivity index (χ0) is 19.3. The lowest BCUT2D eigenvalue weighted by molar-refractivity contribution is 0.0994. The Morgan fingerprint density at radius 1 is 1.14 bits per heavy atom. The van der Waals surface area contributed by atoms with Gasteiger partial charge in [-0.15, -0.1) is 10.2 Å². The van der Waals surface area contributed by atoms with Gasteiger partial charge < -0.3 is 4.42 Å². The Kier molecular flexibility index (Phi) is 4.10. The number of hydrogen-bond donors (Lipinski definition) is 0. The Hall–Kier alpha value is -2.83. The Balaban J connectivity index is 1.49. The van der Waals surface area contributed by atoms with Crippen molar-refractivity contribution in [2.45, 2.75) is 12.1 Å². The maximum absolute atomic E-state index is 12.6. The molecule has 5 nitrogen and oxygen atoms in total. The highest BCUT2D eigenvalue weighted by atomic mass is 35.5. The molecule has 0 saturated carbocycles. The number of nitrogens with zero attached hydrogens (tertiary/aromatic N) is 3. The molecule has 0 bridgehead atoms. The number of halogens is 1. The molecule has 28 heavy (non-hydrogen) atoms. The van der Waals surface area contributed by atoms with Crippen molar-refractivity contribution in [3.8, 4) is 0 Å². The summed E-state index contributed by atoms with van der Waals surface area (Å²) in [6.45, 7) is 2.02. The van der Waals surface area contributed by atoms with Gasteiger partial charge in [0.2, 0.25) is 5.78 Å². The van der Waals surface area contributed by atoms with E-state index in [4.69, 9.17) is 16.0 Å². The van der Waals surface area contributed by atoms with Crippen molar-refractivity contribution in [2.75, 3.05) is 5.75 Å². The van der Waals surface area contributed by atoms with E-state index in [1.165, 1.54) is 11.8 Å². The number of Topliss-reactive ketones (excluding diaryl/α,β-unsaturated/α-hetero) is 1. The number of carbonyl (C=O) groups excluding carboxylic acids is 1. The summed E-state index contributed by atoms with van der Waals surface area (Å²) in [6, 6.07) is 17.1. The minimum atomic E-state index is -0.0857. The van der Waals surface area contributed by atoms with Crippen LogP contribution in [-0.2, 0) is 0 Å². The van der Waals surface area contributed by atoms with Crippen LogP contribution in [0.1, 0.15) is 16.1 Å². The lowest BCUT2D eigenvalue weighted by Gasteiger charge is -2.07. The average Bonchev–Trinajstić information content (AvgIpc) is 3.30. The molecule has 0 aliphatic rings. The smallest absolute Gasteiger partial charge is 0.208 e. The van der Waals surface area contributed by atoms with Crippen molar-refractivity contribution in [1.29, 1.82) is 0 Å². The number of pyridine rings is 1. The number of furan rings is 1. The molecule has 7 heteroatoms. The van der Waals surface area contributed by atoms with Crippen LogP contribution in [0, 0.1) is 6.92 Å². The van der Waals surface area contributed by atoms with Gasteiger partial charge >= 0.3 is 0 Å². The van der Waals surface area contributed by atoms with Gasteiger partial charge in [-0.05, 0) is 48.9 Å². The number of para-hydroxylation sites is 1. The average molecular weight is 408 g/mol. The molecule has 0 saturated heterocycles. The summed E-state index contributed by atoms with van der Waals surface area (Å²) < 4.78 is 7.62. The van der Waals surface area contributed by atoms with Crippen LogP contribution < -0.4 is 0 Å². The number of aryl methyl sites for hydroxylation is 1. The first kappa shape index (κ1) is 17.3. The predicted octanol–water partition coefficient (Wildman–Crippen LogP) is 5.57. The van der Waals surface area contributed by atoms with Crippen molar-refractivity contribution in [2.24, 2.45) is 0 Å². The van der Waals surface area contributed by atoms with Crippen LogP contribution in [0.25, 0.3) is 27.5 Å². The van der Waals surface area contributed by atoms with Gasteiger partial charge in [0.05, 0.1) is 11.3 Å². The van der Waals surface area contributed by atoms with Gasteiger partial charge in [0.15, 0.2) is 16.6 Å². The molecule has 0 fully saturated rings. The van der Waals surface area contributed by atoms with E-state index in [0.29, 0.717) is 21.5 Å². The molecule has 5 rings (SSSR count). The molecule has 0 spiro atoms. The van der Waals surface area contributed by atoms with Gasteiger partial charge in [-0.3, -0.25) is 9.20 Å². The number of aromatic nitrogens is 3. The SMILES string of the molecule is Cc1cc2nnc(SCC(=O)c3cc4ccccc4o3)n2c2ccc(Cl)cc12. The molecule has 138 valence electrons. The largest absolute Gasteiger partial charge is 0.453 e. The first-order valence-electron chi connectivity index (χ1n) is 8.69. The van der Waals surface area contributed by atoms with Crippen molar-refractivity contribution >= 4 is 56.7 Å². The third-order valence-electron chi connectivity index (χ3n) is 4.66. The van der Waals surface area contributed by atoms with E-state index in [1.54, 1.807) is 6.07 Å². The molecule has 0 aliphatic carbocycles. The molecule has 0 unspecified atom stereocenters. The highest BCUT2D eigenvalue weighted by molar-refractivity contribution is 7.99. The van der Waals surface area contributed by atoms with E-state index in [1.807, 2.05) is 59.9 Å². The van der Waals surface area contributed by atoms with E-state index < -0.39 is 0 Å². The van der Waals surface area contributed by atoms with Crippen LogP contribution in [0.2, 0.25) is 5.02 Å². The monoisotopic (exact) mass is 407 g/mol. The molecule has 2 aromatic carbocycles. The maximum atomic E-state index is 12.6. The van der Waals surface area contributed by atoms with E-state index in [9.17, 15) is 4.79 Å². The van der Waals surface area contributed by atoms with Gasteiger partial charge in [0, 0.05) is 15.8 Å². The van der Waals surface area contributed by atoms with Crippen LogP contribution in [0.4, 0.5) is 0 Å². The maximum Gasteiger partial charge on any atom is 0.208 e. The highest BCUT2D eigenvalue weighted by Crippen LogP contribution is 2.28. The Labute approximate surface area is 169 Å². The fraction of sp³-hybridized carbons (Fsp3) is 0.0952. The van der Waals surface area contributed by atoms with Gasteiger partial charge in [-0.2, -0.15) is 0 Å². The number of rotatable bonds is 4. The fourth-order valence-corrected chi connectivity index (χ4v) is 4.30. The third-order valence-corrected chi connectivity index (χ3v) is 5.83. The zero-order valence-electron chi connectivity index (χ0n) is 14.8. The molecule has 0 N–H and O–H groups in total. The zero-order valence-corrected chi connectivity index (χ0v) is 16.4. The molecular weight excluding hydrogens is 394 g/mol. The minimum absolute atomic E-state index is 0.0857. The van der Waals surface area contributed by atoms with E-state index in [2.05, 4.69) is 10.2 Å². The highest BCUT2D eigenvalue weighted by Gasteiger charge is 2.16. The Morgan fingerprint density at radius 2 is 2.00 bits per heavy atom.